The van der Waals surface area contributed by atoms with E-state index in [2.05, 4.69) is 15.0 Å². The molecule has 0 aliphatic rings. The van der Waals surface area contributed by atoms with E-state index in [9.17, 15) is 23.1 Å². The van der Waals surface area contributed by atoms with E-state index in [-0.39, 0.29) is 11.4 Å². The summed E-state index contributed by atoms with van der Waals surface area (Å²) < 4.78 is 41.8. The van der Waals surface area contributed by atoms with E-state index < -0.39 is 18.1 Å². The summed E-state index contributed by atoms with van der Waals surface area (Å²) in [5.41, 5.74) is 0.651. The first kappa shape index (κ1) is 17.7. The molecule has 0 atom stereocenters. The predicted molar refractivity (Wildman–Crippen MR) is 85.4 cm³/mol. The van der Waals surface area contributed by atoms with E-state index >= 15 is 0 Å². The Balaban J connectivity index is 2.05. The van der Waals surface area contributed by atoms with Gasteiger partial charge in [-0.05, 0) is 36.4 Å². The van der Waals surface area contributed by atoms with Crippen LogP contribution in [0.15, 0.2) is 48.5 Å². The van der Waals surface area contributed by atoms with Crippen LogP contribution >= 0.6 is 11.6 Å². The van der Waals surface area contributed by atoms with Gasteiger partial charge in [0.25, 0.3) is 0 Å². The maximum atomic E-state index is 12.2. The number of hydrogen-bond donors (Lipinski definition) is 1. The first-order valence-electron chi connectivity index (χ1n) is 7.06. The number of aromatic carboxylic acids is 1. The molecule has 3 aromatic rings. The first-order chi connectivity index (χ1) is 12.2. The smallest absolute Gasteiger partial charge is 0.476 e. The van der Waals surface area contributed by atoms with Gasteiger partial charge in [-0.25, -0.2) is 9.48 Å². The molecule has 0 spiro atoms. The Kier molecular flexibility index (Phi) is 4.56. The van der Waals surface area contributed by atoms with Crippen LogP contribution in [0.3, 0.4) is 0 Å². The molecule has 0 aliphatic carbocycles. The van der Waals surface area contributed by atoms with Gasteiger partial charge in [-0.15, -0.1) is 18.3 Å². The lowest BCUT2D eigenvalue weighted by atomic mass is 10.1. The van der Waals surface area contributed by atoms with Gasteiger partial charge in [0.15, 0.2) is 5.69 Å². The van der Waals surface area contributed by atoms with Gasteiger partial charge in [0.05, 0.1) is 5.69 Å². The van der Waals surface area contributed by atoms with Gasteiger partial charge in [0, 0.05) is 10.6 Å². The lowest BCUT2D eigenvalue weighted by molar-refractivity contribution is -0.274. The molecule has 1 aromatic heterocycles. The van der Waals surface area contributed by atoms with Gasteiger partial charge >= 0.3 is 12.3 Å². The molecular weight excluding hydrogens is 375 g/mol. The second-order valence-corrected chi connectivity index (χ2v) is 5.49. The van der Waals surface area contributed by atoms with Crippen molar-refractivity contribution in [3.63, 3.8) is 0 Å². The number of benzene rings is 2. The average Bonchev–Trinajstić information content (AvgIpc) is 3.00. The number of carbonyl (C=O) groups is 1. The van der Waals surface area contributed by atoms with Crippen molar-refractivity contribution in [3.05, 3.63) is 59.2 Å². The van der Waals surface area contributed by atoms with Crippen LogP contribution in [0.2, 0.25) is 5.02 Å². The quantitative estimate of drug-likeness (QED) is 0.731. The molecule has 0 unspecified atom stereocenters. The van der Waals surface area contributed by atoms with Crippen LogP contribution in [0.1, 0.15) is 10.5 Å². The molecule has 1 N–H and O–H groups in total. The third-order valence-corrected chi connectivity index (χ3v) is 3.56. The Morgan fingerprint density at radius 2 is 1.69 bits per heavy atom. The third-order valence-electron chi connectivity index (χ3n) is 3.31. The van der Waals surface area contributed by atoms with E-state index in [4.69, 9.17) is 11.6 Å². The number of ether oxygens (including phenoxy) is 1. The highest BCUT2D eigenvalue weighted by Crippen LogP contribution is 2.28. The summed E-state index contributed by atoms with van der Waals surface area (Å²) in [5.74, 6) is -1.70. The monoisotopic (exact) mass is 383 g/mol. The molecule has 2 aromatic carbocycles. The third kappa shape index (κ3) is 3.77. The number of carboxylic acid groups (broad SMARTS) is 1. The summed E-state index contributed by atoms with van der Waals surface area (Å²) in [6.07, 6.45) is -4.81. The molecule has 0 saturated heterocycles. The zero-order valence-corrected chi connectivity index (χ0v) is 13.5. The molecule has 134 valence electrons. The molecule has 6 nitrogen and oxygen atoms in total. The molecule has 26 heavy (non-hydrogen) atoms. The highest BCUT2D eigenvalue weighted by Gasteiger charge is 2.31. The fraction of sp³-hybridized carbons (Fsp3) is 0.0625. The van der Waals surface area contributed by atoms with Crippen molar-refractivity contribution in [2.45, 2.75) is 6.36 Å². The summed E-state index contributed by atoms with van der Waals surface area (Å²) in [7, 11) is 0. The molecule has 3 rings (SSSR count). The zero-order valence-electron chi connectivity index (χ0n) is 12.7. The molecule has 0 bridgehead atoms. The minimum absolute atomic E-state index is 0.165. The Morgan fingerprint density at radius 3 is 2.23 bits per heavy atom. The first-order valence-corrected chi connectivity index (χ1v) is 7.43. The van der Waals surface area contributed by atoms with E-state index in [1.54, 1.807) is 24.3 Å². The Bertz CT molecular complexity index is 938. The van der Waals surface area contributed by atoms with E-state index in [1.165, 1.54) is 16.8 Å². The van der Waals surface area contributed by atoms with Crippen molar-refractivity contribution in [1.29, 1.82) is 0 Å². The number of halogens is 4. The Morgan fingerprint density at radius 1 is 1.08 bits per heavy atom. The van der Waals surface area contributed by atoms with Crippen LogP contribution in [-0.4, -0.2) is 32.4 Å². The van der Waals surface area contributed by atoms with Gasteiger partial charge < -0.3 is 9.84 Å². The van der Waals surface area contributed by atoms with E-state index in [0.29, 0.717) is 16.3 Å². The zero-order chi connectivity index (χ0) is 18.9. The summed E-state index contributed by atoms with van der Waals surface area (Å²) in [4.78, 5) is 11.4. The molecule has 0 fully saturated rings. The Hall–Kier alpha value is -3.07. The summed E-state index contributed by atoms with van der Waals surface area (Å²) in [6.45, 7) is 0. The summed E-state index contributed by atoms with van der Waals surface area (Å²) in [6, 6.07) is 11.1. The fourth-order valence-electron chi connectivity index (χ4n) is 2.26. The highest BCUT2D eigenvalue weighted by atomic mass is 35.5. The SMILES string of the molecule is O=C(O)c1nnn(-c2ccc(OC(F)(F)F)cc2)c1-c1ccc(Cl)cc1. The molecule has 1 heterocycles. The van der Waals surface area contributed by atoms with Crippen molar-refractivity contribution in [2.75, 3.05) is 0 Å². The van der Waals surface area contributed by atoms with Gasteiger partial charge in [-0.1, -0.05) is 28.9 Å². The lowest BCUT2D eigenvalue weighted by Gasteiger charge is -2.10. The van der Waals surface area contributed by atoms with Crippen molar-refractivity contribution in [2.24, 2.45) is 0 Å². The second-order valence-electron chi connectivity index (χ2n) is 5.05. The molecular formula is C16H9ClF3N3O3. The Labute approximate surface area is 149 Å². The number of carboxylic acids is 1. The van der Waals surface area contributed by atoms with E-state index in [1.807, 2.05) is 0 Å². The van der Waals surface area contributed by atoms with Crippen molar-refractivity contribution in [3.8, 4) is 22.7 Å². The molecule has 0 aliphatic heterocycles. The minimum atomic E-state index is -4.81. The van der Waals surface area contributed by atoms with Crippen molar-refractivity contribution < 1.29 is 27.8 Å². The number of nitrogens with zero attached hydrogens (tertiary/aromatic N) is 3. The largest absolute Gasteiger partial charge is 0.573 e. The standard InChI is InChI=1S/C16H9ClF3N3O3/c17-10-3-1-9(2-4-10)14-13(15(24)25)21-22-23(14)11-5-7-12(8-6-11)26-16(18,19)20/h1-8H,(H,24,25). The van der Waals surface area contributed by atoms with Crippen LogP contribution in [-0.2, 0) is 0 Å². The number of hydrogen-bond acceptors (Lipinski definition) is 4. The summed E-state index contributed by atoms with van der Waals surface area (Å²) in [5, 5.41) is 17.2. The van der Waals surface area contributed by atoms with Crippen LogP contribution in [0.25, 0.3) is 16.9 Å². The van der Waals surface area contributed by atoms with Gasteiger partial charge in [0.1, 0.15) is 11.4 Å². The normalized spacial score (nSPS) is 11.4. The number of aromatic nitrogens is 3. The van der Waals surface area contributed by atoms with Crippen LogP contribution in [0, 0.1) is 0 Å². The van der Waals surface area contributed by atoms with Gasteiger partial charge in [0.2, 0.25) is 0 Å². The molecule has 0 saturated carbocycles. The predicted octanol–water partition coefficient (Wildman–Crippen LogP) is 4.18. The minimum Gasteiger partial charge on any atom is -0.476 e. The van der Waals surface area contributed by atoms with Crippen LogP contribution in [0.5, 0.6) is 5.75 Å². The summed E-state index contributed by atoms with van der Waals surface area (Å²) >= 11 is 5.84. The van der Waals surface area contributed by atoms with Crippen LogP contribution in [0.4, 0.5) is 13.2 Å². The maximum Gasteiger partial charge on any atom is 0.573 e. The van der Waals surface area contributed by atoms with Gasteiger partial charge in [-0.3, -0.25) is 0 Å². The highest BCUT2D eigenvalue weighted by molar-refractivity contribution is 6.30. The lowest BCUT2D eigenvalue weighted by Crippen LogP contribution is -2.17. The van der Waals surface area contributed by atoms with Gasteiger partial charge in [-0.2, -0.15) is 0 Å². The second kappa shape index (κ2) is 6.68. The van der Waals surface area contributed by atoms with Crippen LogP contribution < -0.4 is 4.74 Å². The topological polar surface area (TPSA) is 77.2 Å². The number of rotatable bonds is 4. The van der Waals surface area contributed by atoms with Crippen molar-refractivity contribution >= 4 is 17.6 Å². The average molecular weight is 384 g/mol. The molecule has 0 radical (unpaired) electrons. The maximum absolute atomic E-state index is 12.2. The molecule has 0 amide bonds. The fourth-order valence-corrected chi connectivity index (χ4v) is 2.39. The van der Waals surface area contributed by atoms with Crippen molar-refractivity contribution in [1.82, 2.24) is 15.0 Å². The van der Waals surface area contributed by atoms with E-state index in [0.717, 1.165) is 12.1 Å². The molecule has 10 heteroatoms. The number of alkyl halides is 3.